The Morgan fingerprint density at radius 3 is 2.89 bits per heavy atom. The fourth-order valence-electron chi connectivity index (χ4n) is 2.39. The normalized spacial score (nSPS) is 19.2. The highest BCUT2D eigenvalue weighted by molar-refractivity contribution is 5.99. The van der Waals surface area contributed by atoms with Crippen LogP contribution in [-0.2, 0) is 4.79 Å². The van der Waals surface area contributed by atoms with Gasteiger partial charge in [0.2, 0.25) is 5.91 Å². The van der Waals surface area contributed by atoms with E-state index >= 15 is 0 Å². The number of nitrogens with zero attached hydrogens (tertiary/aromatic N) is 1. The number of benzene rings is 1. The molecule has 0 saturated carbocycles. The topological polar surface area (TPSA) is 49.4 Å². The molecule has 1 fully saturated rings. The molecule has 2 amide bonds. The van der Waals surface area contributed by atoms with Crippen molar-refractivity contribution < 1.29 is 14.0 Å². The molecule has 0 radical (unpaired) electrons. The van der Waals surface area contributed by atoms with Gasteiger partial charge in [-0.15, -0.1) is 0 Å². The van der Waals surface area contributed by atoms with Crippen molar-refractivity contribution in [2.75, 3.05) is 13.1 Å². The molecule has 0 bridgehead atoms. The van der Waals surface area contributed by atoms with Gasteiger partial charge in [-0.1, -0.05) is 6.92 Å². The smallest absolute Gasteiger partial charge is 0.254 e. The lowest BCUT2D eigenvalue weighted by atomic mass is 10.0. The van der Waals surface area contributed by atoms with Crippen LogP contribution in [0.4, 0.5) is 4.39 Å². The van der Waals surface area contributed by atoms with E-state index in [1.807, 2.05) is 6.92 Å². The second-order valence-corrected chi connectivity index (χ2v) is 4.67. The number of aryl methyl sites for hydroxylation is 1. The summed E-state index contributed by atoms with van der Waals surface area (Å²) in [6, 6.07) is 3.64. The molecule has 4 nitrogen and oxygen atoms in total. The van der Waals surface area contributed by atoms with Gasteiger partial charge in [0.05, 0.1) is 0 Å². The lowest BCUT2D eigenvalue weighted by Crippen LogP contribution is -2.57. The lowest BCUT2D eigenvalue weighted by Gasteiger charge is -2.34. The summed E-state index contributed by atoms with van der Waals surface area (Å²) in [4.78, 5) is 25.8. The first-order valence-corrected chi connectivity index (χ1v) is 6.39. The molecule has 19 heavy (non-hydrogen) atoms. The first-order valence-electron chi connectivity index (χ1n) is 6.39. The third-order valence-electron chi connectivity index (χ3n) is 3.40. The van der Waals surface area contributed by atoms with E-state index < -0.39 is 6.04 Å². The van der Waals surface area contributed by atoms with Gasteiger partial charge in [-0.2, -0.15) is 0 Å². The van der Waals surface area contributed by atoms with E-state index in [1.54, 1.807) is 11.8 Å². The summed E-state index contributed by atoms with van der Waals surface area (Å²) in [5, 5.41) is 2.75. The molecule has 0 spiro atoms. The fraction of sp³-hybridized carbons (Fsp3) is 0.429. The van der Waals surface area contributed by atoms with Gasteiger partial charge in [0.1, 0.15) is 11.9 Å². The molecule has 1 aliphatic rings. The minimum atomic E-state index is -0.439. The molecule has 1 heterocycles. The van der Waals surface area contributed by atoms with Crippen molar-refractivity contribution >= 4 is 11.8 Å². The van der Waals surface area contributed by atoms with Crippen LogP contribution < -0.4 is 5.32 Å². The highest BCUT2D eigenvalue weighted by Crippen LogP contribution is 2.17. The number of carbonyl (C=O) groups is 2. The van der Waals surface area contributed by atoms with Gasteiger partial charge < -0.3 is 10.2 Å². The molecule has 0 aromatic heterocycles. The molecule has 1 saturated heterocycles. The quantitative estimate of drug-likeness (QED) is 0.879. The van der Waals surface area contributed by atoms with Gasteiger partial charge in [-0.25, -0.2) is 4.39 Å². The van der Waals surface area contributed by atoms with Gasteiger partial charge in [0, 0.05) is 18.7 Å². The van der Waals surface area contributed by atoms with Crippen molar-refractivity contribution in [2.24, 2.45) is 0 Å². The van der Waals surface area contributed by atoms with E-state index in [4.69, 9.17) is 0 Å². The fourth-order valence-corrected chi connectivity index (χ4v) is 2.39. The molecule has 1 atom stereocenters. The summed E-state index contributed by atoms with van der Waals surface area (Å²) >= 11 is 0. The van der Waals surface area contributed by atoms with Gasteiger partial charge in [0.25, 0.3) is 5.91 Å². The Morgan fingerprint density at radius 2 is 2.26 bits per heavy atom. The van der Waals surface area contributed by atoms with Crippen LogP contribution >= 0.6 is 0 Å². The first-order chi connectivity index (χ1) is 9.04. The average Bonchev–Trinajstić information content (AvgIpc) is 2.37. The van der Waals surface area contributed by atoms with Crippen LogP contribution in [0.5, 0.6) is 0 Å². The monoisotopic (exact) mass is 264 g/mol. The number of carbonyl (C=O) groups excluding carboxylic acids is 2. The van der Waals surface area contributed by atoms with Gasteiger partial charge >= 0.3 is 0 Å². The second-order valence-electron chi connectivity index (χ2n) is 4.67. The average molecular weight is 264 g/mol. The van der Waals surface area contributed by atoms with Crippen LogP contribution in [0, 0.1) is 12.7 Å². The third-order valence-corrected chi connectivity index (χ3v) is 3.40. The number of hydrogen-bond donors (Lipinski definition) is 1. The van der Waals surface area contributed by atoms with E-state index in [9.17, 15) is 14.0 Å². The van der Waals surface area contributed by atoms with Crippen LogP contribution in [0.25, 0.3) is 0 Å². The largest absolute Gasteiger partial charge is 0.353 e. The van der Waals surface area contributed by atoms with Gasteiger partial charge in [-0.3, -0.25) is 9.59 Å². The Hall–Kier alpha value is -1.91. The van der Waals surface area contributed by atoms with E-state index in [-0.39, 0.29) is 17.6 Å². The Kier molecular flexibility index (Phi) is 3.83. The third kappa shape index (κ3) is 2.59. The maximum absolute atomic E-state index is 13.1. The zero-order chi connectivity index (χ0) is 14.0. The van der Waals surface area contributed by atoms with Gasteiger partial charge in [-0.05, 0) is 37.1 Å². The summed E-state index contributed by atoms with van der Waals surface area (Å²) in [6.07, 6.45) is 0.567. The minimum absolute atomic E-state index is 0.123. The molecule has 102 valence electrons. The van der Waals surface area contributed by atoms with Crippen LogP contribution in [0.2, 0.25) is 0 Å². The Balaban J connectivity index is 2.29. The lowest BCUT2D eigenvalue weighted by molar-refractivity contribution is -0.127. The predicted molar refractivity (Wildman–Crippen MR) is 69.3 cm³/mol. The molecule has 1 aliphatic heterocycles. The van der Waals surface area contributed by atoms with Gasteiger partial charge in [0.15, 0.2) is 0 Å². The maximum Gasteiger partial charge on any atom is 0.254 e. The summed E-state index contributed by atoms with van der Waals surface area (Å²) in [5.74, 6) is -0.696. The van der Waals surface area contributed by atoms with Crippen molar-refractivity contribution in [3.63, 3.8) is 0 Å². The zero-order valence-corrected chi connectivity index (χ0v) is 11.1. The predicted octanol–water partition coefficient (Wildman–Crippen LogP) is 1.48. The molecule has 1 aromatic rings. The van der Waals surface area contributed by atoms with Crippen LogP contribution in [0.1, 0.15) is 29.3 Å². The molecule has 1 N–H and O–H groups in total. The molecule has 2 rings (SSSR count). The summed E-state index contributed by atoms with van der Waals surface area (Å²) < 4.78 is 13.1. The van der Waals surface area contributed by atoms with Crippen molar-refractivity contribution in [3.8, 4) is 0 Å². The van der Waals surface area contributed by atoms with Crippen LogP contribution in [0.3, 0.4) is 0 Å². The number of hydrogen-bond acceptors (Lipinski definition) is 2. The minimum Gasteiger partial charge on any atom is -0.353 e. The highest BCUT2D eigenvalue weighted by Gasteiger charge is 2.32. The van der Waals surface area contributed by atoms with E-state index in [0.717, 1.165) is 0 Å². The number of halogens is 1. The molecule has 0 aliphatic carbocycles. The van der Waals surface area contributed by atoms with Crippen molar-refractivity contribution in [2.45, 2.75) is 26.3 Å². The molecule has 5 heteroatoms. The van der Waals surface area contributed by atoms with Crippen LogP contribution in [0.15, 0.2) is 18.2 Å². The molecular weight excluding hydrogens is 247 g/mol. The number of nitrogens with one attached hydrogen (secondary N) is 1. The van der Waals surface area contributed by atoms with E-state index in [2.05, 4.69) is 5.32 Å². The molecule has 1 aromatic carbocycles. The molecule has 1 unspecified atom stereocenters. The summed E-state index contributed by atoms with van der Waals surface area (Å²) in [5.41, 5.74) is 1.04. The van der Waals surface area contributed by atoms with Crippen molar-refractivity contribution in [3.05, 3.63) is 35.1 Å². The number of piperazine rings is 1. The highest BCUT2D eigenvalue weighted by atomic mass is 19.1. The van der Waals surface area contributed by atoms with Crippen LogP contribution in [-0.4, -0.2) is 35.8 Å². The summed E-state index contributed by atoms with van der Waals surface area (Å²) in [6.45, 7) is 4.51. The summed E-state index contributed by atoms with van der Waals surface area (Å²) in [7, 11) is 0. The number of rotatable bonds is 2. The Bertz CT molecular complexity index is 516. The second kappa shape index (κ2) is 5.38. The number of amides is 2. The van der Waals surface area contributed by atoms with E-state index in [0.29, 0.717) is 30.6 Å². The Morgan fingerprint density at radius 1 is 1.53 bits per heavy atom. The molecular formula is C14H17FN2O2. The van der Waals surface area contributed by atoms with Crippen molar-refractivity contribution in [1.82, 2.24) is 10.2 Å². The van der Waals surface area contributed by atoms with Crippen molar-refractivity contribution in [1.29, 1.82) is 0 Å². The maximum atomic E-state index is 13.1. The first kappa shape index (κ1) is 13.5. The Labute approximate surface area is 111 Å². The standard InChI is InChI=1S/C14H17FN2O2/c1-3-12-13(18)16-6-7-17(12)14(19)11-5-4-10(15)8-9(11)2/h4-5,8,12H,3,6-7H2,1-2H3,(H,16,18). The SMILES string of the molecule is CCC1C(=O)NCCN1C(=O)c1ccc(F)cc1C. The zero-order valence-electron chi connectivity index (χ0n) is 11.1. The van der Waals surface area contributed by atoms with E-state index in [1.165, 1.54) is 18.2 Å².